The summed E-state index contributed by atoms with van der Waals surface area (Å²) < 4.78 is 9.88. The molecular formula is C20H14N6O4. The Labute approximate surface area is 172 Å². The monoisotopic (exact) mass is 402 g/mol. The zero-order valence-corrected chi connectivity index (χ0v) is 16.2. The number of hydrogen-bond acceptors (Lipinski definition) is 10. The van der Waals surface area contributed by atoms with Crippen molar-refractivity contribution in [2.24, 2.45) is 10.8 Å². The minimum atomic E-state index is -2.71. The summed E-state index contributed by atoms with van der Waals surface area (Å²) in [7, 11) is 0.965. The maximum absolute atomic E-state index is 12.9. The summed E-state index contributed by atoms with van der Waals surface area (Å²) in [5.74, 6) is -2.31. The average Bonchev–Trinajstić information content (AvgIpc) is 2.75. The van der Waals surface area contributed by atoms with Gasteiger partial charge in [-0.15, -0.1) is 0 Å². The maximum Gasteiger partial charge on any atom is 0.355 e. The molecule has 1 atom stereocenters. The molecule has 0 aliphatic carbocycles. The molecule has 0 N–H and O–H groups in total. The minimum absolute atomic E-state index is 0.0361. The largest absolute Gasteiger partial charge is 0.466 e. The van der Waals surface area contributed by atoms with E-state index in [0.717, 1.165) is 12.0 Å². The second kappa shape index (κ2) is 7.80. The zero-order valence-electron chi connectivity index (χ0n) is 16.2. The Bertz CT molecular complexity index is 1080. The first-order valence-corrected chi connectivity index (χ1v) is 8.51. The molecule has 0 saturated heterocycles. The predicted octanol–water partition coefficient (Wildman–Crippen LogP) is 1.09. The minimum Gasteiger partial charge on any atom is -0.466 e. The van der Waals surface area contributed by atoms with Crippen LogP contribution in [0.25, 0.3) is 0 Å². The Morgan fingerprint density at radius 2 is 1.67 bits per heavy atom. The van der Waals surface area contributed by atoms with Crippen molar-refractivity contribution in [1.29, 1.82) is 26.3 Å². The standard InChI is InChI=1S/C20H14N6O4/c1-12(2)30-18(28)16-15(17(27)29-3)20(10-24,11-25)19(8-22,9-23)14-6-13(7-21)4-5-26(14)16/h4-6,12,14H,1-3H3. The molecule has 0 aromatic carbocycles. The molecule has 30 heavy (non-hydrogen) atoms. The zero-order chi connectivity index (χ0) is 22.7. The summed E-state index contributed by atoms with van der Waals surface area (Å²) in [6, 6.07) is 6.99. The number of esters is 2. The number of allylic oxidation sites excluding steroid dienone is 2. The fraction of sp³-hybridized carbons (Fsp3) is 0.350. The highest BCUT2D eigenvalue weighted by Gasteiger charge is 2.69. The lowest BCUT2D eigenvalue weighted by Crippen LogP contribution is -2.60. The van der Waals surface area contributed by atoms with Crippen molar-refractivity contribution in [3.8, 4) is 30.3 Å². The second-order valence-corrected chi connectivity index (χ2v) is 6.58. The van der Waals surface area contributed by atoms with Gasteiger partial charge in [-0.05, 0) is 26.0 Å². The van der Waals surface area contributed by atoms with Crippen molar-refractivity contribution in [2.75, 3.05) is 7.11 Å². The molecule has 0 spiro atoms. The number of methoxy groups -OCH3 is 1. The maximum atomic E-state index is 12.9. The van der Waals surface area contributed by atoms with Gasteiger partial charge in [0.1, 0.15) is 11.3 Å². The van der Waals surface area contributed by atoms with Crippen molar-refractivity contribution >= 4 is 11.9 Å². The number of rotatable bonds is 3. The third-order valence-corrected chi connectivity index (χ3v) is 4.70. The highest BCUT2D eigenvalue weighted by atomic mass is 16.5. The van der Waals surface area contributed by atoms with E-state index in [1.165, 1.54) is 18.4 Å². The summed E-state index contributed by atoms with van der Waals surface area (Å²) in [5, 5.41) is 49.1. The Balaban J connectivity index is 3.10. The van der Waals surface area contributed by atoms with Gasteiger partial charge >= 0.3 is 11.9 Å². The molecule has 0 aromatic heterocycles. The van der Waals surface area contributed by atoms with Crippen molar-refractivity contribution in [1.82, 2.24) is 4.90 Å². The molecule has 0 fully saturated rings. The van der Waals surface area contributed by atoms with E-state index in [2.05, 4.69) is 0 Å². The first-order chi connectivity index (χ1) is 14.2. The second-order valence-electron chi connectivity index (χ2n) is 6.58. The van der Waals surface area contributed by atoms with E-state index < -0.39 is 46.2 Å². The molecule has 148 valence electrons. The van der Waals surface area contributed by atoms with Gasteiger partial charge in [-0.2, -0.15) is 26.3 Å². The molecule has 10 nitrogen and oxygen atoms in total. The van der Waals surface area contributed by atoms with Crippen LogP contribution in [0.15, 0.2) is 35.2 Å². The third kappa shape index (κ3) is 2.75. The lowest BCUT2D eigenvalue weighted by atomic mass is 9.55. The molecule has 0 aromatic rings. The molecule has 2 aliphatic rings. The molecule has 1 unspecified atom stereocenters. The number of ether oxygens (including phenoxy) is 2. The van der Waals surface area contributed by atoms with Gasteiger partial charge in [0.2, 0.25) is 10.8 Å². The van der Waals surface area contributed by atoms with Gasteiger partial charge in [0.25, 0.3) is 0 Å². The van der Waals surface area contributed by atoms with Crippen molar-refractivity contribution in [3.05, 3.63) is 35.2 Å². The van der Waals surface area contributed by atoms with E-state index in [4.69, 9.17) is 9.47 Å². The lowest BCUT2D eigenvalue weighted by molar-refractivity contribution is -0.147. The third-order valence-electron chi connectivity index (χ3n) is 4.70. The molecular weight excluding hydrogens is 388 g/mol. The van der Waals surface area contributed by atoms with Gasteiger partial charge in [0.05, 0.1) is 55.2 Å². The molecule has 0 saturated carbocycles. The SMILES string of the molecule is COC(=O)C1=C(C(=O)OC(C)C)N2C=CC(C#N)=CC2C(C#N)(C#N)C1(C#N)C#N. The summed E-state index contributed by atoms with van der Waals surface area (Å²) in [5.41, 5.74) is -6.45. The van der Waals surface area contributed by atoms with Gasteiger partial charge < -0.3 is 14.4 Å². The molecule has 2 heterocycles. The Morgan fingerprint density at radius 1 is 1.07 bits per heavy atom. The number of carbonyl (C=O) groups is 2. The highest BCUT2D eigenvalue weighted by molar-refractivity contribution is 6.03. The fourth-order valence-corrected chi connectivity index (χ4v) is 3.37. The van der Waals surface area contributed by atoms with Gasteiger partial charge in [-0.1, -0.05) is 0 Å². The van der Waals surface area contributed by atoms with E-state index in [9.17, 15) is 35.9 Å². The van der Waals surface area contributed by atoms with Gasteiger partial charge in [0, 0.05) is 6.20 Å². The van der Waals surface area contributed by atoms with Crippen LogP contribution >= 0.6 is 0 Å². The van der Waals surface area contributed by atoms with Crippen molar-refractivity contribution in [3.63, 3.8) is 0 Å². The normalized spacial score (nSPS) is 20.3. The van der Waals surface area contributed by atoms with E-state index in [1.807, 2.05) is 6.07 Å². The highest BCUT2D eigenvalue weighted by Crippen LogP contribution is 2.55. The van der Waals surface area contributed by atoms with Crippen LogP contribution in [0.2, 0.25) is 0 Å². The molecule has 2 aliphatic heterocycles. The molecule has 2 rings (SSSR count). The van der Waals surface area contributed by atoms with Crippen LogP contribution in [-0.2, 0) is 19.1 Å². The summed E-state index contributed by atoms with van der Waals surface area (Å²) in [6.45, 7) is 3.10. The number of hydrogen-bond donors (Lipinski definition) is 0. The summed E-state index contributed by atoms with van der Waals surface area (Å²) >= 11 is 0. The van der Waals surface area contributed by atoms with E-state index in [-0.39, 0.29) is 5.57 Å². The van der Waals surface area contributed by atoms with Crippen LogP contribution in [0.4, 0.5) is 0 Å². The summed E-state index contributed by atoms with van der Waals surface area (Å²) in [4.78, 5) is 26.7. The number of nitriles is 5. The number of fused-ring (bicyclic) bond motifs is 1. The summed E-state index contributed by atoms with van der Waals surface area (Å²) in [6.07, 6.45) is 3.07. The Hall–Kier alpha value is -4.59. The van der Waals surface area contributed by atoms with Crippen molar-refractivity contribution < 1.29 is 19.1 Å². The number of carbonyl (C=O) groups excluding carboxylic acids is 2. The quantitative estimate of drug-likeness (QED) is 0.621. The smallest absolute Gasteiger partial charge is 0.355 e. The number of nitrogens with zero attached hydrogens (tertiary/aromatic N) is 6. The van der Waals surface area contributed by atoms with E-state index >= 15 is 0 Å². The molecule has 0 amide bonds. The average molecular weight is 402 g/mol. The lowest BCUT2D eigenvalue weighted by Gasteiger charge is -2.48. The van der Waals surface area contributed by atoms with Gasteiger partial charge in [-0.3, -0.25) is 0 Å². The van der Waals surface area contributed by atoms with Crippen LogP contribution in [-0.4, -0.2) is 36.1 Å². The van der Waals surface area contributed by atoms with E-state index in [0.29, 0.717) is 0 Å². The Morgan fingerprint density at radius 3 is 2.10 bits per heavy atom. The van der Waals surface area contributed by atoms with Crippen LogP contribution in [0.5, 0.6) is 0 Å². The Kier molecular flexibility index (Phi) is 5.64. The van der Waals surface area contributed by atoms with Crippen LogP contribution in [0.1, 0.15) is 13.8 Å². The first kappa shape index (κ1) is 21.7. The van der Waals surface area contributed by atoms with Gasteiger partial charge in [-0.25, -0.2) is 9.59 Å². The molecule has 0 bridgehead atoms. The van der Waals surface area contributed by atoms with Crippen LogP contribution in [0.3, 0.4) is 0 Å². The molecule has 10 heteroatoms. The van der Waals surface area contributed by atoms with Crippen LogP contribution in [0, 0.1) is 67.5 Å². The predicted molar refractivity (Wildman–Crippen MR) is 96.1 cm³/mol. The van der Waals surface area contributed by atoms with Crippen LogP contribution < -0.4 is 0 Å². The van der Waals surface area contributed by atoms with Crippen molar-refractivity contribution in [2.45, 2.75) is 26.0 Å². The molecule has 0 radical (unpaired) electrons. The van der Waals surface area contributed by atoms with Gasteiger partial charge in [0.15, 0.2) is 0 Å². The first-order valence-electron chi connectivity index (χ1n) is 8.51. The van der Waals surface area contributed by atoms with E-state index in [1.54, 1.807) is 38.1 Å². The fourth-order valence-electron chi connectivity index (χ4n) is 3.37. The topological polar surface area (TPSA) is 175 Å².